The maximum absolute atomic E-state index is 16.8. The van der Waals surface area contributed by atoms with E-state index >= 15 is 9.13 Å². The lowest BCUT2D eigenvalue weighted by Crippen LogP contribution is -2.30. The summed E-state index contributed by atoms with van der Waals surface area (Å²) < 4.78 is 45.0. The molecule has 0 amide bonds. The SMILES string of the molecule is C/C=C/C(=O)OCC1CC2CCC(CCOC(=O)/C=C/c3cccc4c(-c5c(P(=O)(c6ccccc6)c6ccccc6)ccc6c(C)cccc56)c(P(=O)(c5ccccc5)c5ccccc5)ccc34)CC2C1. The van der Waals surface area contributed by atoms with Crippen LogP contribution in [0.15, 0.2) is 200 Å². The summed E-state index contributed by atoms with van der Waals surface area (Å²) in [5.41, 5.74) is 3.35. The van der Waals surface area contributed by atoms with Crippen LogP contribution in [0.5, 0.6) is 0 Å². The Bertz CT molecular complexity index is 3320. The van der Waals surface area contributed by atoms with Gasteiger partial charge >= 0.3 is 11.9 Å². The van der Waals surface area contributed by atoms with Gasteiger partial charge in [0, 0.05) is 55.1 Å². The highest BCUT2D eigenvalue weighted by molar-refractivity contribution is 7.86. The summed E-state index contributed by atoms with van der Waals surface area (Å²) in [4.78, 5) is 25.5. The summed E-state index contributed by atoms with van der Waals surface area (Å²) in [6.45, 7) is 4.74. The Balaban J connectivity index is 1.07. The van der Waals surface area contributed by atoms with E-state index in [4.69, 9.17) is 9.47 Å². The molecule has 0 radical (unpaired) electrons. The summed E-state index contributed by atoms with van der Waals surface area (Å²) in [6, 6.07) is 59.3. The zero-order chi connectivity index (χ0) is 49.7. The van der Waals surface area contributed by atoms with Gasteiger partial charge in [0.1, 0.15) is 0 Å². The molecule has 8 aromatic carbocycles. The van der Waals surface area contributed by atoms with E-state index in [1.807, 2.05) is 171 Å². The molecule has 0 N–H and O–H groups in total. The lowest BCUT2D eigenvalue weighted by atomic mass is 9.75. The van der Waals surface area contributed by atoms with Gasteiger partial charge in [-0.05, 0) is 121 Å². The molecular formula is C64H60O6P2. The number of fused-ring (bicyclic) bond motifs is 3. The Hall–Kier alpha value is -6.84. The minimum atomic E-state index is -3.68. The molecule has 6 nitrogen and oxygen atoms in total. The molecule has 0 spiro atoms. The van der Waals surface area contributed by atoms with Crippen molar-refractivity contribution in [1.29, 1.82) is 0 Å². The van der Waals surface area contributed by atoms with Gasteiger partial charge in [0.2, 0.25) is 0 Å². The number of esters is 2. The van der Waals surface area contributed by atoms with Crippen molar-refractivity contribution in [2.45, 2.75) is 52.4 Å². The van der Waals surface area contributed by atoms with E-state index in [1.165, 1.54) is 12.2 Å². The fourth-order valence-electron chi connectivity index (χ4n) is 11.8. The van der Waals surface area contributed by atoms with Crippen molar-refractivity contribution >= 4 is 85.7 Å². The number of carbonyl (C=O) groups is 2. The Labute approximate surface area is 423 Å². The van der Waals surface area contributed by atoms with Gasteiger partial charge in [0.05, 0.1) is 13.2 Å². The maximum Gasteiger partial charge on any atom is 0.330 e. The lowest BCUT2D eigenvalue weighted by Gasteiger charge is -2.31. The first-order valence-corrected chi connectivity index (χ1v) is 28.7. The molecule has 0 saturated heterocycles. The third-order valence-corrected chi connectivity index (χ3v) is 21.4. The fourth-order valence-corrected chi connectivity index (χ4v) is 17.5. The second-order valence-corrected chi connectivity index (χ2v) is 25.0. The number of allylic oxidation sites excluding steroid dienone is 1. The van der Waals surface area contributed by atoms with Gasteiger partial charge in [-0.15, -0.1) is 0 Å². The fraction of sp³-hybridized carbons (Fsp3) is 0.219. The van der Waals surface area contributed by atoms with Crippen molar-refractivity contribution in [3.63, 3.8) is 0 Å². The van der Waals surface area contributed by atoms with Crippen molar-refractivity contribution in [3.8, 4) is 11.1 Å². The Morgan fingerprint density at radius 3 is 1.54 bits per heavy atom. The van der Waals surface area contributed by atoms with Crippen LogP contribution in [-0.2, 0) is 28.2 Å². The quantitative estimate of drug-likeness (QED) is 0.0578. The van der Waals surface area contributed by atoms with Gasteiger partial charge in [0.15, 0.2) is 14.3 Å². The molecule has 0 bridgehead atoms. The van der Waals surface area contributed by atoms with E-state index in [-0.39, 0.29) is 5.97 Å². The zero-order valence-electron chi connectivity index (χ0n) is 40.9. The molecule has 72 heavy (non-hydrogen) atoms. The van der Waals surface area contributed by atoms with Crippen LogP contribution in [0.2, 0.25) is 0 Å². The average molecular weight is 987 g/mol. The number of carbonyl (C=O) groups excluding carboxylic acids is 2. The number of rotatable bonds is 15. The minimum Gasteiger partial charge on any atom is -0.463 e. The molecule has 2 aliphatic rings. The predicted molar refractivity (Wildman–Crippen MR) is 298 cm³/mol. The molecular weight excluding hydrogens is 927 g/mol. The molecule has 4 unspecified atom stereocenters. The summed E-state index contributed by atoms with van der Waals surface area (Å²) in [7, 11) is -7.33. The van der Waals surface area contributed by atoms with Crippen LogP contribution < -0.4 is 31.8 Å². The highest BCUT2D eigenvalue weighted by atomic mass is 31.2. The van der Waals surface area contributed by atoms with E-state index in [9.17, 15) is 9.59 Å². The van der Waals surface area contributed by atoms with E-state index < -0.39 is 20.3 Å². The Morgan fingerprint density at radius 1 is 0.500 bits per heavy atom. The second kappa shape index (κ2) is 21.5. The highest BCUT2D eigenvalue weighted by Crippen LogP contribution is 2.52. The van der Waals surface area contributed by atoms with Crippen LogP contribution in [0.25, 0.3) is 38.7 Å². The van der Waals surface area contributed by atoms with E-state index in [0.717, 1.165) is 82.3 Å². The predicted octanol–water partition coefficient (Wildman–Crippen LogP) is 12.8. The summed E-state index contributed by atoms with van der Waals surface area (Å²) >= 11 is 0. The zero-order valence-corrected chi connectivity index (χ0v) is 42.7. The van der Waals surface area contributed by atoms with Crippen LogP contribution in [0.4, 0.5) is 0 Å². The van der Waals surface area contributed by atoms with Crippen LogP contribution in [-0.4, -0.2) is 25.2 Å². The molecule has 8 aromatic rings. The molecule has 10 rings (SSSR count). The van der Waals surface area contributed by atoms with Crippen LogP contribution in [0.3, 0.4) is 0 Å². The van der Waals surface area contributed by atoms with Crippen molar-refractivity contribution in [2.75, 3.05) is 13.2 Å². The lowest BCUT2D eigenvalue weighted by molar-refractivity contribution is -0.139. The average Bonchev–Trinajstić information content (AvgIpc) is 3.84. The molecule has 2 aliphatic carbocycles. The highest BCUT2D eigenvalue weighted by Gasteiger charge is 2.40. The molecule has 0 heterocycles. The molecule has 2 fully saturated rings. The Morgan fingerprint density at radius 2 is 0.986 bits per heavy atom. The van der Waals surface area contributed by atoms with Gasteiger partial charge < -0.3 is 18.6 Å². The summed E-state index contributed by atoms with van der Waals surface area (Å²) in [6.07, 6.45) is 12.9. The normalized spacial score (nSPS) is 18.1. The first-order valence-electron chi connectivity index (χ1n) is 25.3. The van der Waals surface area contributed by atoms with Crippen LogP contribution in [0, 0.1) is 30.6 Å². The Kier molecular flexibility index (Phi) is 14.5. The first-order chi connectivity index (χ1) is 35.2. The minimum absolute atomic E-state index is 0.268. The second-order valence-electron chi connectivity index (χ2n) is 19.5. The molecule has 0 aliphatic heterocycles. The molecule has 8 heteroatoms. The number of hydrogen-bond acceptors (Lipinski definition) is 6. The van der Waals surface area contributed by atoms with Gasteiger partial charge in [-0.3, -0.25) is 0 Å². The van der Waals surface area contributed by atoms with Gasteiger partial charge in [-0.1, -0.05) is 182 Å². The van der Waals surface area contributed by atoms with Crippen LogP contribution >= 0.6 is 14.3 Å². The standard InChI is InChI=1S/C64H60O6P2/c1-3-18-61(65)70-44-47-42-49-32-31-46(41-50(49)43-47)39-40-69-62(66)38-33-48-20-17-30-58-56(48)35-37-60(72(68,53-25-12-6-13-26-53)54-27-14-7-15-28-54)64(58)63-57-29-16-19-45(2)55(57)34-36-59(63)71(67,51-21-8-4-9-22-51)52-23-10-5-11-24-52/h3-30,33-38,46-47,49-50H,31-32,39-44H2,1-2H3/b18-3+,38-33+. The molecule has 2 saturated carbocycles. The van der Waals surface area contributed by atoms with Crippen molar-refractivity contribution < 1.29 is 28.2 Å². The number of hydrogen-bond donors (Lipinski definition) is 0. The number of benzene rings is 8. The third kappa shape index (κ3) is 9.63. The molecule has 0 aromatic heterocycles. The first kappa shape index (κ1) is 48.8. The summed E-state index contributed by atoms with van der Waals surface area (Å²) in [5, 5.41) is 7.62. The summed E-state index contributed by atoms with van der Waals surface area (Å²) in [5.74, 6) is 1.52. The topological polar surface area (TPSA) is 86.7 Å². The largest absolute Gasteiger partial charge is 0.463 e. The van der Waals surface area contributed by atoms with E-state index in [0.29, 0.717) is 68.7 Å². The van der Waals surface area contributed by atoms with Crippen molar-refractivity contribution in [3.05, 3.63) is 211 Å². The van der Waals surface area contributed by atoms with E-state index in [1.54, 1.807) is 6.08 Å². The van der Waals surface area contributed by atoms with Crippen molar-refractivity contribution in [2.24, 2.45) is 23.7 Å². The molecule has 4 atom stereocenters. The maximum atomic E-state index is 16.8. The van der Waals surface area contributed by atoms with E-state index in [2.05, 4.69) is 31.2 Å². The smallest absolute Gasteiger partial charge is 0.330 e. The van der Waals surface area contributed by atoms with Gasteiger partial charge in [-0.25, -0.2) is 9.59 Å². The van der Waals surface area contributed by atoms with Crippen molar-refractivity contribution in [1.82, 2.24) is 0 Å². The third-order valence-electron chi connectivity index (χ3n) is 15.2. The molecule has 362 valence electrons. The van der Waals surface area contributed by atoms with Gasteiger partial charge in [-0.2, -0.15) is 0 Å². The number of aryl methyl sites for hydroxylation is 1. The van der Waals surface area contributed by atoms with Crippen LogP contribution in [0.1, 0.15) is 56.6 Å². The van der Waals surface area contributed by atoms with Gasteiger partial charge in [0.25, 0.3) is 0 Å². The monoisotopic (exact) mass is 986 g/mol. The number of ether oxygens (including phenoxy) is 2.